The van der Waals surface area contributed by atoms with Gasteiger partial charge in [-0.3, -0.25) is 4.79 Å². The first kappa shape index (κ1) is 10.2. The van der Waals surface area contributed by atoms with Gasteiger partial charge in [0.1, 0.15) is 0 Å². The zero-order valence-corrected chi connectivity index (χ0v) is 7.88. The van der Waals surface area contributed by atoms with E-state index in [4.69, 9.17) is 10.5 Å². The molecule has 1 aliphatic rings. The first-order valence-corrected chi connectivity index (χ1v) is 4.44. The van der Waals surface area contributed by atoms with Crippen molar-refractivity contribution in [3.8, 4) is 0 Å². The minimum Gasteiger partial charge on any atom is -0.382 e. The van der Waals surface area contributed by atoms with Gasteiger partial charge in [-0.25, -0.2) is 0 Å². The van der Waals surface area contributed by atoms with Crippen LogP contribution in [0.15, 0.2) is 11.6 Å². The molecule has 0 unspecified atom stereocenters. The second-order valence-electron chi connectivity index (χ2n) is 3.16. The predicted molar refractivity (Wildman–Crippen MR) is 50.2 cm³/mol. The Kier molecular flexibility index (Phi) is 3.92. The van der Waals surface area contributed by atoms with Crippen LogP contribution < -0.4 is 11.1 Å². The van der Waals surface area contributed by atoms with Crippen LogP contribution in [-0.4, -0.2) is 32.2 Å². The molecule has 0 aromatic heterocycles. The number of ether oxygens (including phenoxy) is 1. The zero-order chi connectivity index (χ0) is 9.68. The van der Waals surface area contributed by atoms with Crippen molar-refractivity contribution in [3.63, 3.8) is 0 Å². The Morgan fingerprint density at radius 3 is 2.92 bits per heavy atom. The molecule has 1 fully saturated rings. The fourth-order valence-electron chi connectivity index (χ4n) is 1.10. The first-order valence-electron chi connectivity index (χ1n) is 4.44. The molecule has 4 nitrogen and oxygen atoms in total. The highest BCUT2D eigenvalue weighted by atomic mass is 16.5. The number of hydrogen-bond acceptors (Lipinski definition) is 3. The lowest BCUT2D eigenvalue weighted by Crippen LogP contribution is -2.40. The van der Waals surface area contributed by atoms with Gasteiger partial charge in [-0.15, -0.1) is 0 Å². The van der Waals surface area contributed by atoms with Gasteiger partial charge in [0, 0.05) is 7.11 Å². The maximum Gasteiger partial charge on any atom is 0.234 e. The molecule has 1 atom stereocenters. The summed E-state index contributed by atoms with van der Waals surface area (Å²) in [7, 11) is 1.62. The molecule has 4 heteroatoms. The molecule has 1 saturated carbocycles. The van der Waals surface area contributed by atoms with E-state index < -0.39 is 0 Å². The molecular formula is C9H16N2O2. The normalized spacial score (nSPS) is 16.6. The van der Waals surface area contributed by atoms with E-state index in [-0.39, 0.29) is 18.5 Å². The average Bonchev–Trinajstić information content (AvgIpc) is 2.88. The van der Waals surface area contributed by atoms with E-state index in [1.165, 1.54) is 5.57 Å². The molecule has 74 valence electrons. The lowest BCUT2D eigenvalue weighted by Gasteiger charge is -2.12. The summed E-state index contributed by atoms with van der Waals surface area (Å²) in [5.74, 6) is -0.139. The summed E-state index contributed by atoms with van der Waals surface area (Å²) in [5, 5.41) is 2.77. The van der Waals surface area contributed by atoms with Gasteiger partial charge < -0.3 is 15.8 Å². The van der Waals surface area contributed by atoms with E-state index in [1.807, 2.05) is 0 Å². The first-order chi connectivity index (χ1) is 6.26. The molecule has 0 aromatic rings. The Morgan fingerprint density at radius 2 is 2.46 bits per heavy atom. The minimum atomic E-state index is -0.139. The van der Waals surface area contributed by atoms with Crippen LogP contribution in [0, 0.1) is 0 Å². The van der Waals surface area contributed by atoms with Gasteiger partial charge in [0.25, 0.3) is 0 Å². The number of nitrogens with two attached hydrogens (primary N) is 1. The van der Waals surface area contributed by atoms with E-state index in [1.54, 1.807) is 7.11 Å². The molecule has 0 heterocycles. The van der Waals surface area contributed by atoms with Crippen molar-refractivity contribution >= 4 is 5.91 Å². The maximum absolute atomic E-state index is 11.0. The van der Waals surface area contributed by atoms with Gasteiger partial charge >= 0.3 is 0 Å². The van der Waals surface area contributed by atoms with Gasteiger partial charge in [0.05, 0.1) is 19.2 Å². The maximum atomic E-state index is 11.0. The molecule has 0 radical (unpaired) electrons. The zero-order valence-electron chi connectivity index (χ0n) is 7.88. The van der Waals surface area contributed by atoms with Crippen LogP contribution in [-0.2, 0) is 9.53 Å². The SMILES string of the molecule is COC[C@H](C=C1CC1)NC(=O)CN. The summed E-state index contributed by atoms with van der Waals surface area (Å²) in [5.41, 5.74) is 6.58. The van der Waals surface area contributed by atoms with Crippen LogP contribution in [0.2, 0.25) is 0 Å². The van der Waals surface area contributed by atoms with Crippen molar-refractivity contribution in [1.82, 2.24) is 5.32 Å². The van der Waals surface area contributed by atoms with E-state index in [9.17, 15) is 4.79 Å². The smallest absolute Gasteiger partial charge is 0.234 e. The third kappa shape index (κ3) is 4.05. The van der Waals surface area contributed by atoms with Gasteiger partial charge in [-0.1, -0.05) is 11.6 Å². The van der Waals surface area contributed by atoms with Crippen LogP contribution in [0.25, 0.3) is 0 Å². The monoisotopic (exact) mass is 184 g/mol. The fraction of sp³-hybridized carbons (Fsp3) is 0.667. The Morgan fingerprint density at radius 1 is 1.77 bits per heavy atom. The van der Waals surface area contributed by atoms with E-state index in [0.29, 0.717) is 6.61 Å². The molecule has 1 aliphatic carbocycles. The molecule has 0 bridgehead atoms. The summed E-state index contributed by atoms with van der Waals surface area (Å²) >= 11 is 0. The Balaban J connectivity index is 2.37. The standard InChI is InChI=1S/C9H16N2O2/c1-13-6-8(4-7-2-3-7)11-9(12)5-10/h4,8H,2-3,5-6,10H2,1H3,(H,11,12)/t8-/m0/s1. The highest BCUT2D eigenvalue weighted by Gasteiger charge is 2.15. The van der Waals surface area contributed by atoms with Crippen molar-refractivity contribution in [2.24, 2.45) is 5.73 Å². The number of carbonyl (C=O) groups excluding carboxylic acids is 1. The number of nitrogens with one attached hydrogen (secondary N) is 1. The predicted octanol–water partition coefficient (Wildman–Crippen LogP) is -0.203. The molecule has 0 spiro atoms. The Bertz CT molecular complexity index is 208. The van der Waals surface area contributed by atoms with Crippen molar-refractivity contribution in [2.45, 2.75) is 18.9 Å². The van der Waals surface area contributed by atoms with E-state index in [2.05, 4.69) is 11.4 Å². The van der Waals surface area contributed by atoms with Crippen LogP contribution in [0.4, 0.5) is 0 Å². The molecule has 0 saturated heterocycles. The summed E-state index contributed by atoms with van der Waals surface area (Å²) in [6.07, 6.45) is 4.36. The molecule has 0 aromatic carbocycles. The lowest BCUT2D eigenvalue weighted by molar-refractivity contribution is -0.120. The van der Waals surface area contributed by atoms with Crippen LogP contribution in [0.3, 0.4) is 0 Å². The summed E-state index contributed by atoms with van der Waals surface area (Å²) < 4.78 is 4.98. The van der Waals surface area contributed by atoms with Crippen LogP contribution in [0.5, 0.6) is 0 Å². The number of rotatable bonds is 5. The number of allylic oxidation sites excluding steroid dienone is 1. The topological polar surface area (TPSA) is 64.3 Å². The number of amides is 1. The highest BCUT2D eigenvalue weighted by molar-refractivity contribution is 5.78. The second-order valence-corrected chi connectivity index (χ2v) is 3.16. The minimum absolute atomic E-state index is 0.0152. The van der Waals surface area contributed by atoms with Crippen LogP contribution >= 0.6 is 0 Å². The molecule has 0 aliphatic heterocycles. The molecule has 3 N–H and O–H groups in total. The van der Waals surface area contributed by atoms with Gasteiger partial charge in [0.15, 0.2) is 0 Å². The fourth-order valence-corrected chi connectivity index (χ4v) is 1.10. The summed E-state index contributed by atoms with van der Waals surface area (Å²) in [6, 6.07) is -0.0152. The molecule has 1 amide bonds. The number of methoxy groups -OCH3 is 1. The van der Waals surface area contributed by atoms with Crippen molar-refractivity contribution in [3.05, 3.63) is 11.6 Å². The van der Waals surface area contributed by atoms with Crippen molar-refractivity contribution in [1.29, 1.82) is 0 Å². The van der Waals surface area contributed by atoms with Gasteiger partial charge in [-0.05, 0) is 12.8 Å². The second kappa shape index (κ2) is 4.99. The summed E-state index contributed by atoms with van der Waals surface area (Å²) in [6.45, 7) is 0.540. The average molecular weight is 184 g/mol. The molecule has 13 heavy (non-hydrogen) atoms. The van der Waals surface area contributed by atoms with E-state index in [0.717, 1.165) is 12.8 Å². The van der Waals surface area contributed by atoms with Gasteiger partial charge in [0.2, 0.25) is 5.91 Å². The summed E-state index contributed by atoms with van der Waals surface area (Å²) in [4.78, 5) is 11.0. The van der Waals surface area contributed by atoms with Gasteiger partial charge in [-0.2, -0.15) is 0 Å². The Labute approximate surface area is 78.1 Å². The Hall–Kier alpha value is -0.870. The number of carbonyl (C=O) groups is 1. The lowest BCUT2D eigenvalue weighted by atomic mass is 10.2. The van der Waals surface area contributed by atoms with Crippen LogP contribution in [0.1, 0.15) is 12.8 Å². The molecule has 1 rings (SSSR count). The third-order valence-electron chi connectivity index (χ3n) is 1.85. The quantitative estimate of drug-likeness (QED) is 0.581. The van der Waals surface area contributed by atoms with Crippen molar-refractivity contribution in [2.75, 3.05) is 20.3 Å². The molecular weight excluding hydrogens is 168 g/mol. The third-order valence-corrected chi connectivity index (χ3v) is 1.85. The largest absolute Gasteiger partial charge is 0.382 e. The number of hydrogen-bond donors (Lipinski definition) is 2. The van der Waals surface area contributed by atoms with E-state index >= 15 is 0 Å². The van der Waals surface area contributed by atoms with Crippen molar-refractivity contribution < 1.29 is 9.53 Å². The highest BCUT2D eigenvalue weighted by Crippen LogP contribution is 2.27.